The van der Waals surface area contributed by atoms with Gasteiger partial charge in [-0.1, -0.05) is 12.1 Å². The smallest absolute Gasteiger partial charge is 0.248 e. The van der Waals surface area contributed by atoms with Crippen LogP contribution < -0.4 is 21.7 Å². The van der Waals surface area contributed by atoms with Gasteiger partial charge in [-0.25, -0.2) is 0 Å². The van der Waals surface area contributed by atoms with E-state index in [4.69, 9.17) is 5.73 Å². The molecule has 130 valence electrons. The molecular formula is C18H20N4O3. The molecule has 2 rings (SSSR count). The topological polar surface area (TPSA) is 113 Å². The number of nitrogens with one attached hydrogen (secondary N) is 3. The molecule has 0 spiro atoms. The van der Waals surface area contributed by atoms with E-state index in [-0.39, 0.29) is 18.4 Å². The Balaban J connectivity index is 1.83. The lowest BCUT2D eigenvalue weighted by molar-refractivity contribution is -0.120. The number of likely N-dealkylation sites (N-methyl/N-ethyl adjacent to an activating group) is 1. The van der Waals surface area contributed by atoms with Crippen molar-refractivity contribution in [2.24, 2.45) is 5.73 Å². The third kappa shape index (κ3) is 5.65. The molecule has 25 heavy (non-hydrogen) atoms. The molecule has 0 aliphatic rings. The van der Waals surface area contributed by atoms with Gasteiger partial charge in [-0.05, 0) is 42.0 Å². The Hall–Kier alpha value is -3.35. The lowest BCUT2D eigenvalue weighted by Crippen LogP contribution is -2.22. The normalized spacial score (nSPS) is 9.96. The summed E-state index contributed by atoms with van der Waals surface area (Å²) in [4.78, 5) is 34.2. The number of amides is 3. The maximum atomic E-state index is 11.9. The molecule has 0 aliphatic heterocycles. The van der Waals surface area contributed by atoms with Crippen molar-refractivity contribution in [3.63, 3.8) is 0 Å². The van der Waals surface area contributed by atoms with Crippen molar-refractivity contribution < 1.29 is 14.4 Å². The molecule has 0 bridgehead atoms. The zero-order chi connectivity index (χ0) is 18.2. The Bertz CT molecular complexity index is 755. The quantitative estimate of drug-likeness (QED) is 0.605. The number of nitrogens with two attached hydrogens (primary N) is 1. The molecule has 3 amide bonds. The second kappa shape index (κ2) is 8.49. The fourth-order valence-electron chi connectivity index (χ4n) is 2.12. The number of primary amides is 1. The van der Waals surface area contributed by atoms with Gasteiger partial charge in [0.25, 0.3) is 0 Å². The highest BCUT2D eigenvalue weighted by Gasteiger charge is 2.05. The van der Waals surface area contributed by atoms with E-state index in [0.717, 1.165) is 11.3 Å². The van der Waals surface area contributed by atoms with Gasteiger partial charge in [0.05, 0.1) is 13.0 Å². The second-order valence-electron chi connectivity index (χ2n) is 5.39. The molecule has 7 nitrogen and oxygen atoms in total. The van der Waals surface area contributed by atoms with Gasteiger partial charge in [0.1, 0.15) is 0 Å². The van der Waals surface area contributed by atoms with Crippen molar-refractivity contribution in [2.75, 3.05) is 24.2 Å². The molecule has 0 aliphatic carbocycles. The molecule has 0 fully saturated rings. The Morgan fingerprint density at radius 2 is 1.48 bits per heavy atom. The first-order valence-electron chi connectivity index (χ1n) is 7.71. The summed E-state index contributed by atoms with van der Waals surface area (Å²) in [5.41, 5.74) is 7.80. The SMILES string of the molecule is CNC(=O)Cc1ccc(NCC(=O)Nc2ccc(C(N)=O)cc2)cc1. The van der Waals surface area contributed by atoms with Crippen molar-refractivity contribution in [3.05, 3.63) is 59.7 Å². The molecular weight excluding hydrogens is 320 g/mol. The van der Waals surface area contributed by atoms with Gasteiger partial charge >= 0.3 is 0 Å². The van der Waals surface area contributed by atoms with E-state index in [1.165, 1.54) is 0 Å². The van der Waals surface area contributed by atoms with Gasteiger partial charge in [0.15, 0.2) is 0 Å². The van der Waals surface area contributed by atoms with Gasteiger partial charge < -0.3 is 21.7 Å². The number of rotatable bonds is 7. The summed E-state index contributed by atoms with van der Waals surface area (Å²) in [6, 6.07) is 13.6. The first-order chi connectivity index (χ1) is 12.0. The molecule has 0 saturated carbocycles. The van der Waals surface area contributed by atoms with E-state index < -0.39 is 5.91 Å². The zero-order valence-electron chi connectivity index (χ0n) is 13.8. The van der Waals surface area contributed by atoms with Crippen LogP contribution in [-0.2, 0) is 16.0 Å². The summed E-state index contributed by atoms with van der Waals surface area (Å²) in [6.45, 7) is 0.0896. The summed E-state index contributed by atoms with van der Waals surface area (Å²) < 4.78 is 0. The molecule has 0 radical (unpaired) electrons. The van der Waals surface area contributed by atoms with Crippen LogP contribution in [0.4, 0.5) is 11.4 Å². The molecule has 0 heterocycles. The fourth-order valence-corrected chi connectivity index (χ4v) is 2.12. The van der Waals surface area contributed by atoms with Gasteiger partial charge in [0, 0.05) is 24.0 Å². The summed E-state index contributed by atoms with van der Waals surface area (Å²) in [7, 11) is 1.60. The van der Waals surface area contributed by atoms with Gasteiger partial charge in [-0.2, -0.15) is 0 Å². The standard InChI is InChI=1S/C18H20N4O3/c1-20-16(23)10-12-2-6-14(7-3-12)21-11-17(24)22-15-8-4-13(5-9-15)18(19)25/h2-9,21H,10-11H2,1H3,(H2,19,25)(H,20,23)(H,22,24). The van der Waals surface area contributed by atoms with Crippen LogP contribution in [0.25, 0.3) is 0 Å². The number of benzene rings is 2. The van der Waals surface area contributed by atoms with Crippen LogP contribution in [-0.4, -0.2) is 31.3 Å². The second-order valence-corrected chi connectivity index (χ2v) is 5.39. The van der Waals surface area contributed by atoms with Crippen LogP contribution in [0.5, 0.6) is 0 Å². The highest BCUT2D eigenvalue weighted by Crippen LogP contribution is 2.11. The summed E-state index contributed by atoms with van der Waals surface area (Å²) in [5.74, 6) is -0.789. The molecule has 5 N–H and O–H groups in total. The summed E-state index contributed by atoms with van der Waals surface area (Å²) in [5, 5.41) is 8.29. The Morgan fingerprint density at radius 1 is 0.880 bits per heavy atom. The van der Waals surface area contributed by atoms with Crippen LogP contribution in [0.15, 0.2) is 48.5 Å². The van der Waals surface area contributed by atoms with E-state index in [1.807, 2.05) is 24.3 Å². The molecule has 2 aromatic rings. The van der Waals surface area contributed by atoms with Crippen molar-refractivity contribution in [3.8, 4) is 0 Å². The average molecular weight is 340 g/mol. The molecule has 0 saturated heterocycles. The van der Waals surface area contributed by atoms with E-state index in [9.17, 15) is 14.4 Å². The maximum absolute atomic E-state index is 11.9. The van der Waals surface area contributed by atoms with Crippen LogP contribution in [0.2, 0.25) is 0 Å². The summed E-state index contributed by atoms with van der Waals surface area (Å²) >= 11 is 0. The highest BCUT2D eigenvalue weighted by molar-refractivity contribution is 5.96. The monoisotopic (exact) mass is 340 g/mol. The largest absolute Gasteiger partial charge is 0.376 e. The Labute approximate surface area is 145 Å². The predicted octanol–water partition coefficient (Wildman–Crippen LogP) is 1.12. The molecule has 2 aromatic carbocycles. The van der Waals surface area contributed by atoms with Crippen molar-refractivity contribution in [1.82, 2.24) is 5.32 Å². The van der Waals surface area contributed by atoms with Crippen LogP contribution >= 0.6 is 0 Å². The number of anilines is 2. The van der Waals surface area contributed by atoms with Crippen molar-refractivity contribution >= 4 is 29.1 Å². The number of hydrogen-bond acceptors (Lipinski definition) is 4. The van der Waals surface area contributed by atoms with E-state index in [2.05, 4.69) is 16.0 Å². The Kier molecular flexibility index (Phi) is 6.11. The van der Waals surface area contributed by atoms with Crippen LogP contribution in [0.1, 0.15) is 15.9 Å². The minimum absolute atomic E-state index is 0.0533. The van der Waals surface area contributed by atoms with Gasteiger partial charge in [0.2, 0.25) is 17.7 Å². The third-order valence-electron chi connectivity index (χ3n) is 3.50. The number of carbonyl (C=O) groups is 3. The Morgan fingerprint density at radius 3 is 2.04 bits per heavy atom. The molecule has 0 atom stereocenters. The van der Waals surface area contributed by atoms with Crippen LogP contribution in [0.3, 0.4) is 0 Å². The maximum Gasteiger partial charge on any atom is 0.248 e. The highest BCUT2D eigenvalue weighted by atomic mass is 16.2. The molecule has 0 unspecified atom stereocenters. The van der Waals surface area contributed by atoms with E-state index >= 15 is 0 Å². The lowest BCUT2D eigenvalue weighted by atomic mass is 10.1. The van der Waals surface area contributed by atoms with Crippen LogP contribution in [0, 0.1) is 0 Å². The predicted molar refractivity (Wildman–Crippen MR) is 96.3 cm³/mol. The van der Waals surface area contributed by atoms with Gasteiger partial charge in [-0.3, -0.25) is 14.4 Å². The van der Waals surface area contributed by atoms with E-state index in [1.54, 1.807) is 31.3 Å². The van der Waals surface area contributed by atoms with Crippen molar-refractivity contribution in [1.29, 1.82) is 0 Å². The minimum Gasteiger partial charge on any atom is -0.376 e. The molecule has 7 heteroatoms. The zero-order valence-corrected chi connectivity index (χ0v) is 13.8. The first-order valence-corrected chi connectivity index (χ1v) is 7.71. The third-order valence-corrected chi connectivity index (χ3v) is 3.50. The van der Waals surface area contributed by atoms with E-state index in [0.29, 0.717) is 17.7 Å². The minimum atomic E-state index is -0.514. The fraction of sp³-hybridized carbons (Fsp3) is 0.167. The molecule has 0 aromatic heterocycles. The van der Waals surface area contributed by atoms with Crippen molar-refractivity contribution in [2.45, 2.75) is 6.42 Å². The first kappa shape index (κ1) is 18.0. The lowest BCUT2D eigenvalue weighted by Gasteiger charge is -2.09. The van der Waals surface area contributed by atoms with Gasteiger partial charge in [-0.15, -0.1) is 0 Å². The average Bonchev–Trinajstić information content (AvgIpc) is 2.61. The number of carbonyl (C=O) groups excluding carboxylic acids is 3. The summed E-state index contributed by atoms with van der Waals surface area (Å²) in [6.07, 6.45) is 0.318. The number of hydrogen-bond donors (Lipinski definition) is 4.